The Morgan fingerprint density at radius 2 is 2.05 bits per heavy atom. The molecule has 0 N–H and O–H groups in total. The zero-order chi connectivity index (χ0) is 14.6. The first kappa shape index (κ1) is 16.0. The van der Waals surface area contributed by atoms with Gasteiger partial charge in [-0.15, -0.1) is 0 Å². The Bertz CT molecular complexity index is 457. The van der Waals surface area contributed by atoms with Crippen LogP contribution in [0.15, 0.2) is 22.7 Å². The van der Waals surface area contributed by atoms with E-state index in [2.05, 4.69) is 15.9 Å². The minimum Gasteiger partial charge on any atom is -0.444 e. The van der Waals surface area contributed by atoms with Crippen LogP contribution >= 0.6 is 15.9 Å². The van der Waals surface area contributed by atoms with Crippen molar-refractivity contribution in [1.29, 1.82) is 0 Å². The van der Waals surface area contributed by atoms with Crippen molar-refractivity contribution in [2.24, 2.45) is 0 Å². The first-order valence-electron chi connectivity index (χ1n) is 6.15. The molecule has 0 saturated heterocycles. The van der Waals surface area contributed by atoms with Gasteiger partial charge in [0, 0.05) is 6.54 Å². The van der Waals surface area contributed by atoms with Crippen LogP contribution in [0.25, 0.3) is 0 Å². The maximum atomic E-state index is 13.4. The van der Waals surface area contributed by atoms with E-state index in [0.29, 0.717) is 23.1 Å². The fraction of sp³-hybridized carbons (Fsp3) is 0.500. The van der Waals surface area contributed by atoms with Gasteiger partial charge in [-0.25, -0.2) is 9.18 Å². The Kier molecular flexibility index (Phi) is 5.35. The lowest BCUT2D eigenvalue weighted by Crippen LogP contribution is -2.36. The second-order valence-corrected chi connectivity index (χ2v) is 6.00. The average Bonchev–Trinajstić information content (AvgIpc) is 2.28. The predicted molar refractivity (Wildman–Crippen MR) is 76.4 cm³/mol. The molecule has 0 spiro atoms. The standard InChI is InChI=1S/C14H19BrFNO2/c1-5-17(13(18)19-14(2,3)4)9-10-7-6-8-11(16)12(10)15/h6-8H,5,9H2,1-4H3. The Morgan fingerprint density at radius 1 is 1.42 bits per heavy atom. The smallest absolute Gasteiger partial charge is 0.410 e. The van der Waals surface area contributed by atoms with Gasteiger partial charge in [-0.05, 0) is 55.3 Å². The fourth-order valence-electron chi connectivity index (χ4n) is 1.51. The third-order valence-corrected chi connectivity index (χ3v) is 3.31. The van der Waals surface area contributed by atoms with Crippen LogP contribution in [0.5, 0.6) is 0 Å². The molecular weight excluding hydrogens is 313 g/mol. The van der Waals surface area contributed by atoms with E-state index in [-0.39, 0.29) is 5.82 Å². The number of carbonyl (C=O) groups excluding carboxylic acids is 1. The summed E-state index contributed by atoms with van der Waals surface area (Å²) >= 11 is 3.19. The molecule has 3 nitrogen and oxygen atoms in total. The molecule has 0 aliphatic heterocycles. The summed E-state index contributed by atoms with van der Waals surface area (Å²) < 4.78 is 19.1. The predicted octanol–water partition coefficient (Wildman–Crippen LogP) is 4.35. The molecule has 0 saturated carbocycles. The van der Waals surface area contributed by atoms with E-state index < -0.39 is 11.7 Å². The highest BCUT2D eigenvalue weighted by atomic mass is 79.9. The Hall–Kier alpha value is -1.10. The van der Waals surface area contributed by atoms with Crippen molar-refractivity contribution in [3.05, 3.63) is 34.1 Å². The van der Waals surface area contributed by atoms with Crippen molar-refractivity contribution >= 4 is 22.0 Å². The largest absolute Gasteiger partial charge is 0.444 e. The molecule has 1 amide bonds. The third kappa shape index (κ3) is 4.82. The van der Waals surface area contributed by atoms with Crippen molar-refractivity contribution < 1.29 is 13.9 Å². The molecular formula is C14H19BrFNO2. The lowest BCUT2D eigenvalue weighted by Gasteiger charge is -2.26. The van der Waals surface area contributed by atoms with E-state index in [4.69, 9.17) is 4.74 Å². The molecule has 1 aromatic rings. The highest BCUT2D eigenvalue weighted by Crippen LogP contribution is 2.22. The van der Waals surface area contributed by atoms with Gasteiger partial charge in [0.05, 0.1) is 11.0 Å². The van der Waals surface area contributed by atoms with Crippen molar-refractivity contribution in [3.8, 4) is 0 Å². The molecule has 0 aromatic heterocycles. The van der Waals surface area contributed by atoms with Crippen LogP contribution in [0.3, 0.4) is 0 Å². The van der Waals surface area contributed by atoms with Gasteiger partial charge >= 0.3 is 6.09 Å². The van der Waals surface area contributed by atoms with Gasteiger partial charge in [-0.1, -0.05) is 12.1 Å². The summed E-state index contributed by atoms with van der Waals surface area (Å²) in [6.07, 6.45) is -0.397. The molecule has 0 atom stereocenters. The van der Waals surface area contributed by atoms with E-state index in [1.165, 1.54) is 11.0 Å². The van der Waals surface area contributed by atoms with E-state index in [1.54, 1.807) is 12.1 Å². The summed E-state index contributed by atoms with van der Waals surface area (Å²) in [4.78, 5) is 13.5. The van der Waals surface area contributed by atoms with E-state index in [9.17, 15) is 9.18 Å². The van der Waals surface area contributed by atoms with Gasteiger partial charge in [0.15, 0.2) is 0 Å². The average molecular weight is 332 g/mol. The highest BCUT2D eigenvalue weighted by molar-refractivity contribution is 9.10. The van der Waals surface area contributed by atoms with Gasteiger partial charge in [-0.2, -0.15) is 0 Å². The fourth-order valence-corrected chi connectivity index (χ4v) is 1.90. The monoisotopic (exact) mass is 331 g/mol. The maximum absolute atomic E-state index is 13.4. The Labute approximate surface area is 121 Å². The van der Waals surface area contributed by atoms with Crippen LogP contribution in [0.4, 0.5) is 9.18 Å². The lowest BCUT2D eigenvalue weighted by atomic mass is 10.2. The van der Waals surface area contributed by atoms with Crippen LogP contribution in [0, 0.1) is 5.82 Å². The number of nitrogens with zero attached hydrogens (tertiary/aromatic N) is 1. The molecule has 0 radical (unpaired) electrons. The zero-order valence-corrected chi connectivity index (χ0v) is 13.3. The summed E-state index contributed by atoms with van der Waals surface area (Å²) in [5.41, 5.74) is 0.177. The first-order chi connectivity index (χ1) is 8.74. The van der Waals surface area contributed by atoms with Crippen molar-refractivity contribution in [2.75, 3.05) is 6.54 Å². The lowest BCUT2D eigenvalue weighted by molar-refractivity contribution is 0.0244. The zero-order valence-electron chi connectivity index (χ0n) is 11.7. The molecule has 1 aromatic carbocycles. The minimum absolute atomic E-state index is 0.309. The molecule has 0 aliphatic carbocycles. The van der Waals surface area contributed by atoms with Crippen molar-refractivity contribution in [1.82, 2.24) is 4.90 Å². The van der Waals surface area contributed by atoms with E-state index >= 15 is 0 Å². The normalized spacial score (nSPS) is 11.3. The first-order valence-corrected chi connectivity index (χ1v) is 6.94. The maximum Gasteiger partial charge on any atom is 0.410 e. The van der Waals surface area contributed by atoms with E-state index in [0.717, 1.165) is 0 Å². The Balaban J connectivity index is 2.82. The Morgan fingerprint density at radius 3 is 2.58 bits per heavy atom. The number of hydrogen-bond donors (Lipinski definition) is 0. The molecule has 0 bridgehead atoms. The summed E-state index contributed by atoms with van der Waals surface area (Å²) in [6, 6.07) is 4.77. The number of hydrogen-bond acceptors (Lipinski definition) is 2. The van der Waals surface area contributed by atoms with Crippen molar-refractivity contribution in [3.63, 3.8) is 0 Å². The summed E-state index contributed by atoms with van der Waals surface area (Å²) in [5.74, 6) is -0.335. The van der Waals surface area contributed by atoms with Crippen LogP contribution < -0.4 is 0 Å². The van der Waals surface area contributed by atoms with Gasteiger partial charge in [0.25, 0.3) is 0 Å². The summed E-state index contributed by atoms with van der Waals surface area (Å²) in [6.45, 7) is 8.11. The van der Waals surface area contributed by atoms with Gasteiger partial charge in [-0.3, -0.25) is 0 Å². The van der Waals surface area contributed by atoms with Crippen LogP contribution in [-0.4, -0.2) is 23.1 Å². The molecule has 0 heterocycles. The second kappa shape index (κ2) is 6.37. The molecule has 0 fully saturated rings. The number of halogens is 2. The van der Waals surface area contributed by atoms with Crippen LogP contribution in [0.1, 0.15) is 33.3 Å². The number of amides is 1. The molecule has 0 unspecified atom stereocenters. The SMILES string of the molecule is CCN(Cc1cccc(F)c1Br)C(=O)OC(C)(C)C. The number of ether oxygens (including phenoxy) is 1. The van der Waals surface area contributed by atoms with Gasteiger partial charge in [0.1, 0.15) is 11.4 Å². The van der Waals surface area contributed by atoms with Crippen LogP contribution in [0.2, 0.25) is 0 Å². The number of carbonyl (C=O) groups is 1. The second-order valence-electron chi connectivity index (χ2n) is 5.21. The van der Waals surface area contributed by atoms with Gasteiger partial charge < -0.3 is 9.64 Å². The highest BCUT2D eigenvalue weighted by Gasteiger charge is 2.22. The number of rotatable bonds is 3. The van der Waals surface area contributed by atoms with Crippen molar-refractivity contribution in [2.45, 2.75) is 39.8 Å². The molecule has 5 heteroatoms. The topological polar surface area (TPSA) is 29.5 Å². The van der Waals surface area contributed by atoms with Gasteiger partial charge in [0.2, 0.25) is 0 Å². The van der Waals surface area contributed by atoms with Crippen LogP contribution in [-0.2, 0) is 11.3 Å². The number of benzene rings is 1. The minimum atomic E-state index is -0.538. The van der Waals surface area contributed by atoms with E-state index in [1.807, 2.05) is 27.7 Å². The molecule has 19 heavy (non-hydrogen) atoms. The summed E-state index contributed by atoms with van der Waals surface area (Å²) in [7, 11) is 0. The molecule has 1 rings (SSSR count). The summed E-state index contributed by atoms with van der Waals surface area (Å²) in [5, 5.41) is 0. The third-order valence-electron chi connectivity index (χ3n) is 2.43. The molecule has 106 valence electrons. The quantitative estimate of drug-likeness (QED) is 0.824. The molecule has 0 aliphatic rings.